The molecule has 2 aliphatic rings. The molecule has 0 radical (unpaired) electrons. The lowest BCUT2D eigenvalue weighted by atomic mass is 10.1. The van der Waals surface area contributed by atoms with E-state index in [1.165, 1.54) is 4.31 Å². The van der Waals surface area contributed by atoms with Crippen LogP contribution in [-0.2, 0) is 24.3 Å². The summed E-state index contributed by atoms with van der Waals surface area (Å²) in [5.74, 6) is -0.266. The normalized spacial score (nSPS) is 25.9. The molecule has 0 aromatic heterocycles. The summed E-state index contributed by atoms with van der Waals surface area (Å²) in [7, 11) is -3.44. The van der Waals surface area contributed by atoms with Crippen LogP contribution < -0.4 is 5.32 Å². The average Bonchev–Trinajstić information content (AvgIpc) is 3.06. The van der Waals surface area contributed by atoms with E-state index in [1.54, 1.807) is 25.7 Å². The Balaban J connectivity index is 2.02. The number of nitrogens with zero attached hydrogens (tertiary/aromatic N) is 2. The molecular weight excluding hydrogens is 374 g/mol. The Bertz CT molecular complexity index is 687. The van der Waals surface area contributed by atoms with Crippen LogP contribution in [0.3, 0.4) is 0 Å². The van der Waals surface area contributed by atoms with Gasteiger partial charge in [0.25, 0.3) is 0 Å². The average molecular weight is 404 g/mol. The van der Waals surface area contributed by atoms with Crippen molar-refractivity contribution in [3.8, 4) is 0 Å². The molecule has 2 saturated heterocycles. The largest absolute Gasteiger partial charge is 0.444 e. The number of carbonyl (C=O) groups excluding carboxylic acids is 3. The highest BCUT2D eigenvalue weighted by Gasteiger charge is 2.51. The third-order valence-electron chi connectivity index (χ3n) is 4.81. The maximum absolute atomic E-state index is 12.6. The van der Waals surface area contributed by atoms with Gasteiger partial charge in [0.1, 0.15) is 18.4 Å². The Hall–Kier alpha value is -1.68. The van der Waals surface area contributed by atoms with Crippen molar-refractivity contribution in [1.82, 2.24) is 14.5 Å². The van der Waals surface area contributed by atoms with E-state index >= 15 is 0 Å². The summed E-state index contributed by atoms with van der Waals surface area (Å²) >= 11 is 0. The van der Waals surface area contributed by atoms with Gasteiger partial charge in [0.05, 0.1) is 6.26 Å². The molecule has 1 N–H and O–H groups in total. The summed E-state index contributed by atoms with van der Waals surface area (Å²) in [6.45, 7) is 5.44. The number of nitrogens with one attached hydrogen (secondary N) is 1. The van der Waals surface area contributed by atoms with Gasteiger partial charge in [-0.25, -0.2) is 13.2 Å². The van der Waals surface area contributed by atoms with Crippen LogP contribution in [0.2, 0.25) is 0 Å². The Morgan fingerprint density at radius 2 is 1.93 bits per heavy atom. The van der Waals surface area contributed by atoms with Crippen LogP contribution in [0.15, 0.2) is 0 Å². The van der Waals surface area contributed by atoms with E-state index in [-0.39, 0.29) is 37.0 Å². The van der Waals surface area contributed by atoms with E-state index in [1.807, 2.05) is 0 Å². The summed E-state index contributed by atoms with van der Waals surface area (Å²) in [6, 6.07) is -0.791. The summed E-state index contributed by atoms with van der Waals surface area (Å²) in [5.41, 5.74) is -0.654. The van der Waals surface area contributed by atoms with Crippen molar-refractivity contribution in [1.29, 1.82) is 0 Å². The first kappa shape index (κ1) is 21.6. The van der Waals surface area contributed by atoms with Crippen molar-refractivity contribution in [2.75, 3.05) is 19.3 Å². The van der Waals surface area contributed by atoms with Crippen molar-refractivity contribution >= 4 is 28.3 Å². The third-order valence-corrected chi connectivity index (χ3v) is 6.15. The molecule has 0 bridgehead atoms. The molecule has 10 heteroatoms. The number of rotatable bonds is 6. The van der Waals surface area contributed by atoms with Gasteiger partial charge in [-0.15, -0.1) is 0 Å². The van der Waals surface area contributed by atoms with Gasteiger partial charge in [-0.2, -0.15) is 4.31 Å². The van der Waals surface area contributed by atoms with Crippen LogP contribution in [0.25, 0.3) is 0 Å². The van der Waals surface area contributed by atoms with Crippen molar-refractivity contribution in [3.05, 3.63) is 0 Å². The Kier molecular flexibility index (Phi) is 6.51. The zero-order chi connectivity index (χ0) is 20.4. The molecule has 9 nitrogen and oxygen atoms in total. The van der Waals surface area contributed by atoms with Gasteiger partial charge in [0.15, 0.2) is 0 Å². The number of hydrogen-bond donors (Lipinski definition) is 1. The molecule has 0 aromatic carbocycles. The molecule has 1 unspecified atom stereocenters. The van der Waals surface area contributed by atoms with Crippen LogP contribution >= 0.6 is 0 Å². The second-order valence-corrected chi connectivity index (χ2v) is 9.98. The summed E-state index contributed by atoms with van der Waals surface area (Å²) in [5, 5.41) is 2.45. The lowest BCUT2D eigenvalue weighted by molar-refractivity contribution is -0.131. The number of sulfonamides is 1. The second-order valence-electron chi connectivity index (χ2n) is 8.09. The Morgan fingerprint density at radius 3 is 2.48 bits per heavy atom. The monoisotopic (exact) mass is 403 g/mol. The van der Waals surface area contributed by atoms with Crippen LogP contribution in [0, 0.1) is 0 Å². The van der Waals surface area contributed by atoms with E-state index in [0.29, 0.717) is 25.8 Å². The fraction of sp³-hybridized carbons (Fsp3) is 0.824. The summed E-state index contributed by atoms with van der Waals surface area (Å²) in [4.78, 5) is 36.6. The first-order chi connectivity index (χ1) is 12.4. The van der Waals surface area contributed by atoms with Gasteiger partial charge < -0.3 is 19.7 Å². The second kappa shape index (κ2) is 8.14. The van der Waals surface area contributed by atoms with Crippen LogP contribution in [-0.4, -0.2) is 79.0 Å². The molecule has 154 valence electrons. The minimum atomic E-state index is -3.44. The molecule has 2 rings (SSSR count). The summed E-state index contributed by atoms with van der Waals surface area (Å²) < 4.78 is 31.1. The molecule has 3 atom stereocenters. The predicted octanol–water partition coefficient (Wildman–Crippen LogP) is 0.494. The van der Waals surface area contributed by atoms with Crippen LogP contribution in [0.1, 0.15) is 46.5 Å². The lowest BCUT2D eigenvalue weighted by Gasteiger charge is -2.26. The number of likely N-dealkylation sites (tertiary alicyclic amines) is 1. The smallest absolute Gasteiger partial charge is 0.408 e. The van der Waals surface area contributed by atoms with E-state index < -0.39 is 21.7 Å². The van der Waals surface area contributed by atoms with Gasteiger partial charge in [-0.05, 0) is 40.0 Å². The van der Waals surface area contributed by atoms with Gasteiger partial charge in [0, 0.05) is 31.1 Å². The zero-order valence-corrected chi connectivity index (χ0v) is 17.1. The molecule has 2 fully saturated rings. The quantitative estimate of drug-likeness (QED) is 0.646. The van der Waals surface area contributed by atoms with E-state index in [0.717, 1.165) is 12.5 Å². The van der Waals surface area contributed by atoms with Crippen molar-refractivity contribution < 1.29 is 27.5 Å². The lowest BCUT2D eigenvalue weighted by Crippen LogP contribution is -2.45. The highest BCUT2D eigenvalue weighted by Crippen LogP contribution is 2.38. The minimum absolute atomic E-state index is 0.198. The van der Waals surface area contributed by atoms with E-state index in [9.17, 15) is 22.8 Å². The maximum Gasteiger partial charge on any atom is 0.408 e. The van der Waals surface area contributed by atoms with Crippen molar-refractivity contribution in [2.24, 2.45) is 0 Å². The van der Waals surface area contributed by atoms with Crippen molar-refractivity contribution in [3.63, 3.8) is 0 Å². The van der Waals surface area contributed by atoms with Gasteiger partial charge in [0.2, 0.25) is 15.9 Å². The van der Waals surface area contributed by atoms with Gasteiger partial charge in [-0.3, -0.25) is 4.79 Å². The number of ether oxygens (including phenoxy) is 1. The molecular formula is C17H29N3O6S. The number of hydrogen-bond acceptors (Lipinski definition) is 6. The predicted molar refractivity (Wildman–Crippen MR) is 98.5 cm³/mol. The Labute approximate surface area is 160 Å². The first-order valence-electron chi connectivity index (χ1n) is 9.12. The third kappa shape index (κ3) is 5.41. The Morgan fingerprint density at radius 1 is 1.26 bits per heavy atom. The molecule has 0 aromatic rings. The number of carbonyl (C=O) groups is 3. The minimum Gasteiger partial charge on any atom is -0.444 e. The zero-order valence-electron chi connectivity index (χ0n) is 16.3. The number of alkyl carbamates (subject to hydrolysis) is 1. The molecule has 2 heterocycles. The maximum atomic E-state index is 12.6. The molecule has 2 aliphatic heterocycles. The summed E-state index contributed by atoms with van der Waals surface area (Å²) in [6.07, 6.45) is 3.06. The molecule has 0 aliphatic carbocycles. The van der Waals surface area contributed by atoms with Gasteiger partial charge >= 0.3 is 6.09 Å². The van der Waals surface area contributed by atoms with Gasteiger partial charge in [-0.1, -0.05) is 0 Å². The standard InChI is InChI=1S/C17H29N3O6S/c1-17(2,3)26-16(23)18-11-15(22)19-8-7-13-14(19)10-12(6-5-9-21)20(13)27(4,24)25/h9,12-14H,5-8,10-11H2,1-4H3,(H,18,23)/t12?,13-,14+/m0/s1. The van der Waals surface area contributed by atoms with Crippen molar-refractivity contribution in [2.45, 2.75) is 70.2 Å². The first-order valence-corrected chi connectivity index (χ1v) is 11.0. The van der Waals surface area contributed by atoms with Crippen LogP contribution in [0.4, 0.5) is 4.79 Å². The van der Waals surface area contributed by atoms with Crippen LogP contribution in [0.5, 0.6) is 0 Å². The number of fused-ring (bicyclic) bond motifs is 1. The SMILES string of the molecule is CC(C)(C)OC(=O)NCC(=O)N1CC[C@H]2[C@H]1CC(CCC=O)N2S(C)(=O)=O. The molecule has 27 heavy (non-hydrogen) atoms. The fourth-order valence-electron chi connectivity index (χ4n) is 3.97. The fourth-order valence-corrected chi connectivity index (χ4v) is 5.44. The molecule has 0 spiro atoms. The number of aldehydes is 1. The van der Waals surface area contributed by atoms with E-state index in [4.69, 9.17) is 4.74 Å². The molecule has 0 saturated carbocycles. The highest BCUT2D eigenvalue weighted by molar-refractivity contribution is 7.88. The highest BCUT2D eigenvalue weighted by atomic mass is 32.2. The van der Waals surface area contributed by atoms with E-state index in [2.05, 4.69) is 5.32 Å². The topological polar surface area (TPSA) is 113 Å². The number of amides is 2. The molecule has 2 amide bonds.